The van der Waals surface area contributed by atoms with Crippen LogP contribution in [0.2, 0.25) is 0 Å². The molecule has 2 heterocycles. The molecule has 1 unspecified atom stereocenters. The first-order valence-corrected chi connectivity index (χ1v) is 9.54. The fraction of sp³-hybridized carbons (Fsp3) is 0.650. The van der Waals surface area contributed by atoms with E-state index in [0.29, 0.717) is 18.5 Å². The highest BCUT2D eigenvalue weighted by atomic mass is 127. The van der Waals surface area contributed by atoms with Crippen molar-refractivity contribution >= 4 is 29.9 Å². The number of rotatable bonds is 5. The van der Waals surface area contributed by atoms with E-state index in [1.807, 2.05) is 31.1 Å². The molecule has 2 aliphatic heterocycles. The van der Waals surface area contributed by atoms with Gasteiger partial charge in [-0.3, -0.25) is 0 Å². The van der Waals surface area contributed by atoms with Crippen molar-refractivity contribution < 1.29 is 9.13 Å². The predicted molar refractivity (Wildman–Crippen MR) is 118 cm³/mol. The smallest absolute Gasteiger partial charge is 0.194 e. The average molecular weight is 490 g/mol. The van der Waals surface area contributed by atoms with Crippen LogP contribution in [-0.2, 0) is 17.8 Å². The SMILES string of the molecule is CCNC(=NCc1ccc(F)c(CN(C)C)c1)N1CCC2(CCOC2)C1.I. The van der Waals surface area contributed by atoms with Crippen molar-refractivity contribution in [3.05, 3.63) is 35.1 Å². The highest BCUT2D eigenvalue weighted by Crippen LogP contribution is 2.38. The van der Waals surface area contributed by atoms with Crippen LogP contribution >= 0.6 is 24.0 Å². The lowest BCUT2D eigenvalue weighted by Gasteiger charge is -2.25. The van der Waals surface area contributed by atoms with E-state index in [2.05, 4.69) is 17.1 Å². The molecule has 152 valence electrons. The maximum atomic E-state index is 14.0. The highest BCUT2D eigenvalue weighted by Gasteiger charge is 2.42. The van der Waals surface area contributed by atoms with Crippen molar-refractivity contribution in [1.29, 1.82) is 0 Å². The summed E-state index contributed by atoms with van der Waals surface area (Å²) in [6, 6.07) is 5.31. The molecule has 1 spiro atoms. The summed E-state index contributed by atoms with van der Waals surface area (Å²) in [5, 5.41) is 3.41. The molecule has 0 saturated carbocycles. The third kappa shape index (κ3) is 5.77. The average Bonchev–Trinajstić information content (AvgIpc) is 3.24. The van der Waals surface area contributed by atoms with Crippen LogP contribution in [0.25, 0.3) is 0 Å². The van der Waals surface area contributed by atoms with Gasteiger partial charge >= 0.3 is 0 Å². The van der Waals surface area contributed by atoms with E-state index in [4.69, 9.17) is 9.73 Å². The number of nitrogens with zero attached hydrogens (tertiary/aromatic N) is 3. The van der Waals surface area contributed by atoms with Gasteiger partial charge in [0.1, 0.15) is 5.82 Å². The standard InChI is InChI=1S/C20H31FN4O.HI/c1-4-22-19(25-9-7-20(14-25)8-10-26-15-20)23-12-16-5-6-18(21)17(11-16)13-24(2)3;/h5-6,11H,4,7-10,12-15H2,1-3H3,(H,22,23);1H. The number of benzene rings is 1. The summed E-state index contributed by atoms with van der Waals surface area (Å²) in [6.45, 7) is 7.86. The lowest BCUT2D eigenvalue weighted by Crippen LogP contribution is -2.41. The molecular weight excluding hydrogens is 458 g/mol. The predicted octanol–water partition coefficient (Wildman–Crippen LogP) is 3.08. The minimum Gasteiger partial charge on any atom is -0.381 e. The van der Waals surface area contributed by atoms with E-state index >= 15 is 0 Å². The summed E-state index contributed by atoms with van der Waals surface area (Å²) in [5.41, 5.74) is 2.07. The van der Waals surface area contributed by atoms with Crippen LogP contribution in [0.15, 0.2) is 23.2 Å². The van der Waals surface area contributed by atoms with Crippen LogP contribution in [0.5, 0.6) is 0 Å². The molecule has 7 heteroatoms. The molecule has 3 rings (SSSR count). The Hall–Kier alpha value is -0.930. The fourth-order valence-corrected chi connectivity index (χ4v) is 3.87. The van der Waals surface area contributed by atoms with Crippen LogP contribution in [0, 0.1) is 11.2 Å². The maximum absolute atomic E-state index is 14.0. The van der Waals surface area contributed by atoms with Gasteiger partial charge in [-0.1, -0.05) is 6.07 Å². The molecule has 2 saturated heterocycles. The monoisotopic (exact) mass is 490 g/mol. The van der Waals surface area contributed by atoms with Crippen LogP contribution < -0.4 is 5.32 Å². The van der Waals surface area contributed by atoms with Crippen LogP contribution in [0.3, 0.4) is 0 Å². The second-order valence-electron chi connectivity index (χ2n) is 7.81. The van der Waals surface area contributed by atoms with E-state index in [-0.39, 0.29) is 29.8 Å². The first-order valence-electron chi connectivity index (χ1n) is 9.54. The number of guanidine groups is 1. The summed E-state index contributed by atoms with van der Waals surface area (Å²) >= 11 is 0. The van der Waals surface area contributed by atoms with Crippen molar-refractivity contribution in [2.45, 2.75) is 32.9 Å². The minimum absolute atomic E-state index is 0. The van der Waals surface area contributed by atoms with Gasteiger partial charge in [-0.2, -0.15) is 0 Å². The van der Waals surface area contributed by atoms with Gasteiger partial charge in [0.25, 0.3) is 0 Å². The molecule has 0 radical (unpaired) electrons. The van der Waals surface area contributed by atoms with E-state index in [1.165, 1.54) is 6.42 Å². The lowest BCUT2D eigenvalue weighted by molar-refractivity contribution is 0.156. The Bertz CT molecular complexity index is 647. The molecule has 0 amide bonds. The topological polar surface area (TPSA) is 40.1 Å². The van der Waals surface area contributed by atoms with Gasteiger partial charge < -0.3 is 19.9 Å². The van der Waals surface area contributed by atoms with Gasteiger partial charge in [0.2, 0.25) is 0 Å². The number of aliphatic imine (C=N–C) groups is 1. The Morgan fingerprint density at radius 2 is 2.19 bits per heavy atom. The van der Waals surface area contributed by atoms with Crippen LogP contribution in [0.1, 0.15) is 30.9 Å². The van der Waals surface area contributed by atoms with Crippen molar-refractivity contribution in [3.8, 4) is 0 Å². The van der Waals surface area contributed by atoms with Gasteiger partial charge in [0.15, 0.2) is 5.96 Å². The molecule has 1 atom stereocenters. The highest BCUT2D eigenvalue weighted by molar-refractivity contribution is 14.0. The quantitative estimate of drug-likeness (QED) is 0.392. The largest absolute Gasteiger partial charge is 0.381 e. The number of ether oxygens (including phenoxy) is 1. The van der Waals surface area contributed by atoms with E-state index in [9.17, 15) is 4.39 Å². The zero-order valence-electron chi connectivity index (χ0n) is 16.6. The number of halogens is 2. The van der Waals surface area contributed by atoms with E-state index in [1.54, 1.807) is 6.07 Å². The summed E-state index contributed by atoms with van der Waals surface area (Å²) in [7, 11) is 3.90. The summed E-state index contributed by atoms with van der Waals surface area (Å²) in [6.07, 6.45) is 2.32. The number of hydrogen-bond donors (Lipinski definition) is 1. The summed E-state index contributed by atoms with van der Waals surface area (Å²) < 4.78 is 19.6. The number of likely N-dealkylation sites (tertiary alicyclic amines) is 1. The molecular formula is C20H32FIN4O. The summed E-state index contributed by atoms with van der Waals surface area (Å²) in [4.78, 5) is 9.15. The Morgan fingerprint density at radius 1 is 1.37 bits per heavy atom. The third-order valence-corrected chi connectivity index (χ3v) is 5.27. The Labute approximate surface area is 179 Å². The molecule has 5 nitrogen and oxygen atoms in total. The van der Waals surface area contributed by atoms with Gasteiger partial charge in [-0.15, -0.1) is 24.0 Å². The van der Waals surface area contributed by atoms with Gasteiger partial charge in [-0.25, -0.2) is 9.38 Å². The molecule has 0 bridgehead atoms. The van der Waals surface area contributed by atoms with E-state index < -0.39 is 0 Å². The maximum Gasteiger partial charge on any atom is 0.194 e. The molecule has 2 aliphatic rings. The number of nitrogens with one attached hydrogen (secondary N) is 1. The van der Waals surface area contributed by atoms with Crippen molar-refractivity contribution in [2.75, 3.05) is 46.9 Å². The third-order valence-electron chi connectivity index (χ3n) is 5.27. The van der Waals surface area contributed by atoms with Gasteiger partial charge in [0, 0.05) is 43.8 Å². The van der Waals surface area contributed by atoms with Crippen LogP contribution in [0.4, 0.5) is 4.39 Å². The zero-order valence-corrected chi connectivity index (χ0v) is 19.0. The molecule has 1 N–H and O–H groups in total. The molecule has 1 aromatic carbocycles. The molecule has 27 heavy (non-hydrogen) atoms. The fourth-order valence-electron chi connectivity index (χ4n) is 3.87. The normalized spacial score (nSPS) is 22.6. The first-order chi connectivity index (χ1) is 12.5. The Morgan fingerprint density at radius 3 is 2.85 bits per heavy atom. The molecule has 2 fully saturated rings. The lowest BCUT2D eigenvalue weighted by atomic mass is 9.87. The molecule has 1 aromatic rings. The van der Waals surface area contributed by atoms with Crippen molar-refractivity contribution in [1.82, 2.24) is 15.1 Å². The minimum atomic E-state index is -0.152. The van der Waals surface area contributed by atoms with Gasteiger partial charge in [-0.05, 0) is 51.6 Å². The van der Waals surface area contributed by atoms with Crippen molar-refractivity contribution in [3.63, 3.8) is 0 Å². The second kappa shape index (κ2) is 10.0. The zero-order chi connectivity index (χ0) is 18.6. The number of hydrogen-bond acceptors (Lipinski definition) is 3. The van der Waals surface area contributed by atoms with E-state index in [0.717, 1.165) is 56.4 Å². The van der Waals surface area contributed by atoms with Gasteiger partial charge in [0.05, 0.1) is 13.2 Å². The molecule has 0 aliphatic carbocycles. The molecule has 0 aromatic heterocycles. The second-order valence-corrected chi connectivity index (χ2v) is 7.81. The summed E-state index contributed by atoms with van der Waals surface area (Å²) in [5.74, 6) is 0.802. The Kier molecular flexibility index (Phi) is 8.30. The first kappa shape index (κ1) is 22.4. The Balaban J connectivity index is 0.00000261. The van der Waals surface area contributed by atoms with Crippen LogP contribution in [-0.4, -0.2) is 62.7 Å². The van der Waals surface area contributed by atoms with Crippen molar-refractivity contribution in [2.24, 2.45) is 10.4 Å².